The minimum atomic E-state index is -0.653. The van der Waals surface area contributed by atoms with Crippen molar-refractivity contribution in [1.29, 1.82) is 0 Å². The Kier molecular flexibility index (Phi) is 52.8. The average molecular weight is 713 g/mol. The Morgan fingerprint density at radius 2 is 0.476 bits per heavy atom. The first-order valence-corrected chi connectivity index (χ1v) is 18.0. The van der Waals surface area contributed by atoms with E-state index in [1.54, 1.807) is 0 Å². The number of carbonyl (C=O) groups is 2. The van der Waals surface area contributed by atoms with E-state index in [9.17, 15) is 9.59 Å². The van der Waals surface area contributed by atoms with Gasteiger partial charge in [0, 0.05) is 29.9 Å². The summed E-state index contributed by atoms with van der Waals surface area (Å²) in [4.78, 5) is 20.7. The van der Waals surface area contributed by atoms with Gasteiger partial charge in [0.15, 0.2) is 0 Å². The number of hydrogen-bond acceptors (Lipinski definition) is 2. The summed E-state index contributed by atoms with van der Waals surface area (Å²) in [5.74, 6) is -1.31. The third-order valence-corrected chi connectivity index (χ3v) is 7.99. The predicted molar refractivity (Wildman–Crippen MR) is 185 cm³/mol. The summed E-state index contributed by atoms with van der Waals surface area (Å²) in [5, 5.41) is 17.0. The topological polar surface area (TPSA) is 74.6 Å². The van der Waals surface area contributed by atoms with Crippen LogP contribution in [-0.4, -0.2) is 22.2 Å². The van der Waals surface area contributed by atoms with E-state index in [0.717, 1.165) is 25.7 Å². The SMILES string of the molecule is Br.CCCCCCCCCCCCCCCCCC(=O)O.CCCCCCCCCCCCCCCCCC(=O)O.[Cu]. The maximum Gasteiger partial charge on any atom is 0.303 e. The summed E-state index contributed by atoms with van der Waals surface area (Å²) >= 11 is 0. The van der Waals surface area contributed by atoms with Crippen molar-refractivity contribution in [2.75, 3.05) is 0 Å². The average Bonchev–Trinajstić information content (AvgIpc) is 2.93. The first kappa shape index (κ1) is 48.8. The van der Waals surface area contributed by atoms with Gasteiger partial charge in [-0.05, 0) is 12.8 Å². The minimum absolute atomic E-state index is 0. The van der Waals surface area contributed by atoms with Gasteiger partial charge in [-0.3, -0.25) is 9.59 Å². The van der Waals surface area contributed by atoms with Crippen LogP contribution in [0, 0.1) is 0 Å². The fourth-order valence-electron chi connectivity index (χ4n) is 5.30. The van der Waals surface area contributed by atoms with Gasteiger partial charge >= 0.3 is 11.9 Å². The molecule has 0 spiro atoms. The molecule has 0 aliphatic heterocycles. The molecule has 0 heterocycles. The number of carboxylic acids is 2. The van der Waals surface area contributed by atoms with Crippen LogP contribution in [0.4, 0.5) is 0 Å². The van der Waals surface area contributed by atoms with Gasteiger partial charge in [-0.2, -0.15) is 0 Å². The number of rotatable bonds is 32. The molecule has 0 amide bonds. The van der Waals surface area contributed by atoms with Crippen molar-refractivity contribution >= 4 is 28.9 Å². The number of hydrogen-bond donors (Lipinski definition) is 2. The number of halogens is 1. The standard InChI is InChI=1S/2C18H36O2.BrH.Cu/c2*1-2-3-4-5-6-7-8-9-10-11-12-13-14-15-16-17-18(19)20;;/h2*2-17H2,1H3,(H,19,20);1H;. The van der Waals surface area contributed by atoms with Crippen LogP contribution in [0.3, 0.4) is 0 Å². The molecule has 0 aromatic carbocycles. The van der Waals surface area contributed by atoms with E-state index < -0.39 is 11.9 Å². The second-order valence-corrected chi connectivity index (χ2v) is 12.2. The molecule has 0 saturated heterocycles. The van der Waals surface area contributed by atoms with Crippen LogP contribution >= 0.6 is 17.0 Å². The zero-order valence-corrected chi connectivity index (χ0v) is 30.7. The zero-order chi connectivity index (χ0) is 29.8. The summed E-state index contributed by atoms with van der Waals surface area (Å²) in [5.41, 5.74) is 0. The summed E-state index contributed by atoms with van der Waals surface area (Å²) in [7, 11) is 0. The maximum atomic E-state index is 10.3. The Morgan fingerprint density at radius 3 is 0.619 bits per heavy atom. The van der Waals surface area contributed by atoms with Crippen LogP contribution in [-0.2, 0) is 26.7 Å². The van der Waals surface area contributed by atoms with E-state index in [1.807, 2.05) is 0 Å². The molecule has 0 aromatic rings. The summed E-state index contributed by atoms with van der Waals surface area (Å²) in [6, 6.07) is 0. The Balaban J connectivity index is -0.000000328. The van der Waals surface area contributed by atoms with Crippen LogP contribution in [0.2, 0.25) is 0 Å². The third-order valence-electron chi connectivity index (χ3n) is 7.99. The van der Waals surface area contributed by atoms with Crippen molar-refractivity contribution in [3.8, 4) is 0 Å². The van der Waals surface area contributed by atoms with Gasteiger partial charge in [0.2, 0.25) is 0 Å². The normalized spacial score (nSPS) is 10.3. The predicted octanol–water partition coefficient (Wildman–Crippen LogP) is 13.2. The maximum absolute atomic E-state index is 10.3. The van der Waals surface area contributed by atoms with E-state index >= 15 is 0 Å². The van der Waals surface area contributed by atoms with Crippen LogP contribution in [0.5, 0.6) is 0 Å². The monoisotopic (exact) mass is 711 g/mol. The molecule has 0 fully saturated rings. The molecule has 0 unspecified atom stereocenters. The van der Waals surface area contributed by atoms with Gasteiger partial charge in [-0.15, -0.1) is 17.0 Å². The number of carboxylic acid groups (broad SMARTS) is 2. The van der Waals surface area contributed by atoms with E-state index in [0.29, 0.717) is 12.8 Å². The van der Waals surface area contributed by atoms with Gasteiger partial charge in [0.25, 0.3) is 0 Å². The van der Waals surface area contributed by atoms with Gasteiger partial charge in [0.05, 0.1) is 0 Å². The molecule has 0 aliphatic carbocycles. The zero-order valence-electron chi connectivity index (χ0n) is 28.0. The third kappa shape index (κ3) is 52.6. The van der Waals surface area contributed by atoms with Crippen molar-refractivity contribution in [3.63, 3.8) is 0 Å². The van der Waals surface area contributed by atoms with Crippen molar-refractivity contribution < 1.29 is 36.9 Å². The first-order chi connectivity index (χ1) is 19.5. The van der Waals surface area contributed by atoms with Crippen LogP contribution < -0.4 is 0 Å². The molecule has 1 radical (unpaired) electrons. The Morgan fingerprint density at radius 1 is 0.333 bits per heavy atom. The Hall–Kier alpha value is -0.0605. The van der Waals surface area contributed by atoms with Crippen LogP contribution in [0.1, 0.15) is 219 Å². The molecule has 0 bridgehead atoms. The molecule has 2 N–H and O–H groups in total. The Bertz CT molecular complexity index is 461. The molecule has 0 saturated carbocycles. The van der Waals surface area contributed by atoms with Crippen molar-refractivity contribution in [3.05, 3.63) is 0 Å². The summed E-state index contributed by atoms with van der Waals surface area (Å²) in [6.45, 7) is 4.54. The van der Waals surface area contributed by atoms with Gasteiger partial charge in [-0.25, -0.2) is 0 Å². The fraction of sp³-hybridized carbons (Fsp3) is 0.944. The number of aliphatic carboxylic acids is 2. The molecular weight excluding hydrogens is 640 g/mol. The summed E-state index contributed by atoms with van der Waals surface area (Å²) in [6.07, 6.45) is 40.4. The van der Waals surface area contributed by atoms with Gasteiger partial charge in [-0.1, -0.05) is 194 Å². The van der Waals surface area contributed by atoms with Crippen LogP contribution in [0.25, 0.3) is 0 Å². The minimum Gasteiger partial charge on any atom is -0.481 e. The fourth-order valence-corrected chi connectivity index (χ4v) is 5.30. The molecule has 0 aromatic heterocycles. The second kappa shape index (κ2) is 45.4. The quantitative estimate of drug-likeness (QED) is 0.0538. The molecule has 259 valence electrons. The van der Waals surface area contributed by atoms with Crippen molar-refractivity contribution in [2.45, 2.75) is 219 Å². The van der Waals surface area contributed by atoms with E-state index in [1.165, 1.54) is 167 Å². The molecule has 6 heteroatoms. The van der Waals surface area contributed by atoms with Crippen molar-refractivity contribution in [1.82, 2.24) is 0 Å². The molecule has 0 rings (SSSR count). The van der Waals surface area contributed by atoms with E-state index in [4.69, 9.17) is 10.2 Å². The second-order valence-electron chi connectivity index (χ2n) is 12.2. The molecule has 42 heavy (non-hydrogen) atoms. The molecule has 0 atom stereocenters. The van der Waals surface area contributed by atoms with Crippen LogP contribution in [0.15, 0.2) is 0 Å². The smallest absolute Gasteiger partial charge is 0.303 e. The molecule has 0 aliphatic rings. The molecule has 4 nitrogen and oxygen atoms in total. The van der Waals surface area contributed by atoms with Crippen molar-refractivity contribution in [2.24, 2.45) is 0 Å². The van der Waals surface area contributed by atoms with E-state index in [-0.39, 0.29) is 34.1 Å². The largest absolute Gasteiger partial charge is 0.481 e. The van der Waals surface area contributed by atoms with Gasteiger partial charge < -0.3 is 10.2 Å². The van der Waals surface area contributed by atoms with Gasteiger partial charge in [0.1, 0.15) is 0 Å². The Labute approximate surface area is 284 Å². The first-order valence-electron chi connectivity index (χ1n) is 18.0. The van der Waals surface area contributed by atoms with E-state index in [2.05, 4.69) is 13.8 Å². The summed E-state index contributed by atoms with van der Waals surface area (Å²) < 4.78 is 0. The number of unbranched alkanes of at least 4 members (excludes halogenated alkanes) is 28. The molecular formula is C36H73BrCuO4.